The Labute approximate surface area is 127 Å². The number of amides is 1. The van der Waals surface area contributed by atoms with Crippen LogP contribution in [0.15, 0.2) is 47.4 Å². The molecule has 2 aromatic carbocycles. The first-order valence-corrected chi connectivity index (χ1v) is 8.21. The standard InChI is InChI=1S/C14H13ClN2O3S/c1-21(19,20)11-5-2-9(3-6-11)14(18)17-13-8-10(16)4-7-12(13)15/h2-8H,16H2,1H3,(H,17,18). The molecule has 5 nitrogen and oxygen atoms in total. The number of nitrogens with two attached hydrogens (primary N) is 1. The summed E-state index contributed by atoms with van der Waals surface area (Å²) in [4.78, 5) is 12.2. The maximum atomic E-state index is 12.1. The zero-order chi connectivity index (χ0) is 15.6. The van der Waals surface area contributed by atoms with Crippen LogP contribution in [0.25, 0.3) is 0 Å². The SMILES string of the molecule is CS(=O)(=O)c1ccc(C(=O)Nc2cc(N)ccc2Cl)cc1. The molecule has 0 saturated carbocycles. The van der Waals surface area contributed by atoms with Crippen LogP contribution in [-0.2, 0) is 9.84 Å². The van der Waals surface area contributed by atoms with E-state index in [1.807, 2.05) is 0 Å². The predicted octanol–water partition coefficient (Wildman–Crippen LogP) is 2.58. The van der Waals surface area contributed by atoms with Crippen LogP contribution < -0.4 is 11.1 Å². The lowest BCUT2D eigenvalue weighted by molar-refractivity contribution is 0.102. The lowest BCUT2D eigenvalue weighted by atomic mass is 10.2. The first kappa shape index (κ1) is 15.3. The molecule has 2 rings (SSSR count). The van der Waals surface area contributed by atoms with Gasteiger partial charge in [-0.1, -0.05) is 11.6 Å². The van der Waals surface area contributed by atoms with E-state index in [0.29, 0.717) is 22.0 Å². The Morgan fingerprint density at radius 2 is 1.76 bits per heavy atom. The number of halogens is 1. The van der Waals surface area contributed by atoms with E-state index in [9.17, 15) is 13.2 Å². The van der Waals surface area contributed by atoms with Crippen molar-refractivity contribution < 1.29 is 13.2 Å². The molecule has 0 saturated heterocycles. The van der Waals surface area contributed by atoms with E-state index in [1.54, 1.807) is 18.2 Å². The Bertz CT molecular complexity index is 786. The maximum Gasteiger partial charge on any atom is 0.255 e. The van der Waals surface area contributed by atoms with Gasteiger partial charge in [-0.2, -0.15) is 0 Å². The summed E-state index contributed by atoms with van der Waals surface area (Å²) in [6, 6.07) is 10.4. The summed E-state index contributed by atoms with van der Waals surface area (Å²) in [5.41, 5.74) is 6.82. The fraction of sp³-hybridized carbons (Fsp3) is 0.0714. The molecule has 7 heteroatoms. The minimum atomic E-state index is -3.29. The first-order valence-electron chi connectivity index (χ1n) is 5.94. The zero-order valence-corrected chi connectivity index (χ0v) is 12.7. The van der Waals surface area contributed by atoms with Gasteiger partial charge in [-0.3, -0.25) is 4.79 Å². The van der Waals surface area contributed by atoms with Crippen molar-refractivity contribution in [3.8, 4) is 0 Å². The Balaban J connectivity index is 2.23. The van der Waals surface area contributed by atoms with E-state index >= 15 is 0 Å². The number of carbonyl (C=O) groups is 1. The molecule has 3 N–H and O–H groups in total. The van der Waals surface area contributed by atoms with Crippen LogP contribution in [0.2, 0.25) is 5.02 Å². The maximum absolute atomic E-state index is 12.1. The van der Waals surface area contributed by atoms with Gasteiger partial charge in [-0.05, 0) is 42.5 Å². The smallest absolute Gasteiger partial charge is 0.255 e. The number of nitrogens with one attached hydrogen (secondary N) is 1. The van der Waals surface area contributed by atoms with Gasteiger partial charge < -0.3 is 11.1 Å². The van der Waals surface area contributed by atoms with Gasteiger partial charge in [-0.15, -0.1) is 0 Å². The number of sulfone groups is 1. The van der Waals surface area contributed by atoms with Crippen molar-refractivity contribution in [2.75, 3.05) is 17.3 Å². The molecule has 0 aliphatic carbocycles. The van der Waals surface area contributed by atoms with E-state index < -0.39 is 15.7 Å². The summed E-state index contributed by atoms with van der Waals surface area (Å²) in [7, 11) is -3.29. The average molecular weight is 325 g/mol. The Morgan fingerprint density at radius 1 is 1.14 bits per heavy atom. The van der Waals surface area contributed by atoms with Crippen LogP contribution in [0, 0.1) is 0 Å². The van der Waals surface area contributed by atoms with Crippen LogP contribution in [0.4, 0.5) is 11.4 Å². The van der Waals surface area contributed by atoms with Crippen molar-refractivity contribution in [2.24, 2.45) is 0 Å². The summed E-state index contributed by atoms with van der Waals surface area (Å²) in [6.45, 7) is 0. The number of hydrogen-bond donors (Lipinski definition) is 2. The number of rotatable bonds is 3. The van der Waals surface area contributed by atoms with Gasteiger partial charge in [-0.25, -0.2) is 8.42 Å². The third kappa shape index (κ3) is 3.74. The van der Waals surface area contributed by atoms with Crippen molar-refractivity contribution in [3.05, 3.63) is 53.1 Å². The molecule has 0 unspecified atom stereocenters. The van der Waals surface area contributed by atoms with Crippen LogP contribution in [0.3, 0.4) is 0 Å². The zero-order valence-electron chi connectivity index (χ0n) is 11.1. The molecule has 0 aliphatic heterocycles. The molecule has 0 heterocycles. The molecular formula is C14H13ClN2O3S. The lowest BCUT2D eigenvalue weighted by Gasteiger charge is -2.08. The molecule has 21 heavy (non-hydrogen) atoms. The van der Waals surface area contributed by atoms with E-state index in [-0.39, 0.29) is 4.90 Å². The first-order chi connectivity index (χ1) is 9.77. The Kier molecular flexibility index (Phi) is 4.20. The Morgan fingerprint density at radius 3 is 2.33 bits per heavy atom. The third-order valence-electron chi connectivity index (χ3n) is 2.78. The van der Waals surface area contributed by atoms with E-state index in [2.05, 4.69) is 5.32 Å². The minimum Gasteiger partial charge on any atom is -0.399 e. The largest absolute Gasteiger partial charge is 0.399 e. The number of anilines is 2. The van der Waals surface area contributed by atoms with Crippen molar-refractivity contribution >= 4 is 38.7 Å². The number of hydrogen-bond acceptors (Lipinski definition) is 4. The summed E-state index contributed by atoms with van der Waals surface area (Å²) in [5, 5.41) is 2.99. The average Bonchev–Trinajstić information content (AvgIpc) is 2.42. The predicted molar refractivity (Wildman–Crippen MR) is 83.4 cm³/mol. The van der Waals surface area contributed by atoms with E-state index in [1.165, 1.54) is 24.3 Å². The molecule has 0 atom stereocenters. The molecule has 0 aliphatic rings. The van der Waals surface area contributed by atoms with Gasteiger partial charge in [0, 0.05) is 17.5 Å². The van der Waals surface area contributed by atoms with Crippen molar-refractivity contribution in [2.45, 2.75) is 4.90 Å². The fourth-order valence-corrected chi connectivity index (χ4v) is 2.48. The van der Waals surface area contributed by atoms with Gasteiger partial charge in [0.05, 0.1) is 15.6 Å². The molecule has 0 fully saturated rings. The summed E-state index contributed by atoms with van der Waals surface area (Å²) >= 11 is 5.96. The summed E-state index contributed by atoms with van der Waals surface area (Å²) in [6.07, 6.45) is 1.11. The third-order valence-corrected chi connectivity index (χ3v) is 4.24. The Hall–Kier alpha value is -2.05. The second kappa shape index (κ2) is 5.75. The topological polar surface area (TPSA) is 89.3 Å². The molecule has 0 bridgehead atoms. The molecule has 0 aromatic heterocycles. The number of benzene rings is 2. The molecule has 1 amide bonds. The van der Waals surface area contributed by atoms with Crippen molar-refractivity contribution in [1.82, 2.24) is 0 Å². The quantitative estimate of drug-likeness (QED) is 0.849. The van der Waals surface area contributed by atoms with Crippen molar-refractivity contribution in [1.29, 1.82) is 0 Å². The normalized spacial score (nSPS) is 11.1. The van der Waals surface area contributed by atoms with Gasteiger partial charge in [0.2, 0.25) is 0 Å². The molecule has 0 spiro atoms. The molecule has 2 aromatic rings. The van der Waals surface area contributed by atoms with Gasteiger partial charge in [0.1, 0.15) is 0 Å². The number of nitrogen functional groups attached to an aromatic ring is 1. The van der Waals surface area contributed by atoms with Crippen LogP contribution in [0.1, 0.15) is 10.4 Å². The van der Waals surface area contributed by atoms with Crippen molar-refractivity contribution in [3.63, 3.8) is 0 Å². The molecule has 0 radical (unpaired) electrons. The monoisotopic (exact) mass is 324 g/mol. The second-order valence-electron chi connectivity index (χ2n) is 4.49. The van der Waals surface area contributed by atoms with Crippen LogP contribution in [0.5, 0.6) is 0 Å². The lowest BCUT2D eigenvalue weighted by Crippen LogP contribution is -2.12. The van der Waals surface area contributed by atoms with Crippen LogP contribution >= 0.6 is 11.6 Å². The highest BCUT2D eigenvalue weighted by Crippen LogP contribution is 2.24. The number of carbonyl (C=O) groups excluding carboxylic acids is 1. The minimum absolute atomic E-state index is 0.154. The molecule has 110 valence electrons. The fourth-order valence-electron chi connectivity index (χ4n) is 1.69. The second-order valence-corrected chi connectivity index (χ2v) is 6.91. The van der Waals surface area contributed by atoms with E-state index in [4.69, 9.17) is 17.3 Å². The highest BCUT2D eigenvalue weighted by Gasteiger charge is 2.11. The highest BCUT2D eigenvalue weighted by atomic mass is 35.5. The summed E-state index contributed by atoms with van der Waals surface area (Å²) in [5.74, 6) is -0.400. The van der Waals surface area contributed by atoms with Gasteiger partial charge in [0.15, 0.2) is 9.84 Å². The van der Waals surface area contributed by atoms with Gasteiger partial charge in [0.25, 0.3) is 5.91 Å². The van der Waals surface area contributed by atoms with E-state index in [0.717, 1.165) is 6.26 Å². The molecular weight excluding hydrogens is 312 g/mol. The summed E-state index contributed by atoms with van der Waals surface area (Å²) < 4.78 is 22.7. The highest BCUT2D eigenvalue weighted by molar-refractivity contribution is 7.90. The van der Waals surface area contributed by atoms with Gasteiger partial charge >= 0.3 is 0 Å². The van der Waals surface area contributed by atoms with Crippen LogP contribution in [-0.4, -0.2) is 20.6 Å².